The van der Waals surface area contributed by atoms with Gasteiger partial charge in [-0.25, -0.2) is 14.2 Å². The smallest absolute Gasteiger partial charge is 0.414 e. The molecule has 0 amide bonds. The van der Waals surface area contributed by atoms with Crippen molar-refractivity contribution in [3.63, 3.8) is 0 Å². The van der Waals surface area contributed by atoms with Crippen molar-refractivity contribution in [3.05, 3.63) is 214 Å². The van der Waals surface area contributed by atoms with Gasteiger partial charge in [0.1, 0.15) is 34.5 Å². The molecule has 0 bridgehead atoms. The monoisotopic (exact) mass is 1360 g/mol. The van der Waals surface area contributed by atoms with Crippen LogP contribution in [0.5, 0.6) is 46.0 Å². The van der Waals surface area contributed by atoms with Gasteiger partial charge in [-0.2, -0.15) is 33.7 Å². The van der Waals surface area contributed by atoms with Gasteiger partial charge in [0, 0.05) is 0 Å². The predicted octanol–water partition coefficient (Wildman–Crippen LogP) is 16.0. The number of benzene rings is 8. The molecule has 0 aliphatic carbocycles. The van der Waals surface area contributed by atoms with Crippen LogP contribution in [-0.4, -0.2) is 51.9 Å². The van der Waals surface area contributed by atoms with Gasteiger partial charge >= 0.3 is 31.1 Å². The molecule has 0 fully saturated rings. The molecule has 0 saturated carbocycles. The van der Waals surface area contributed by atoms with E-state index in [1.807, 2.05) is 0 Å². The van der Waals surface area contributed by atoms with E-state index in [4.69, 9.17) is 49.7 Å². The van der Waals surface area contributed by atoms with Crippen LogP contribution in [0.15, 0.2) is 203 Å². The Labute approximate surface area is 510 Å². The van der Waals surface area contributed by atoms with Crippen LogP contribution < -0.4 is 36.2 Å². The first-order valence-corrected chi connectivity index (χ1v) is 37.2. The largest absolute Gasteiger partial charge is 0.679 e. The maximum atomic E-state index is 12.7. The molecule has 8 aromatic carbocycles. The number of hydrogen-bond donors (Lipinski definition) is 5. The Hall–Kier alpha value is -7.41. The minimum Gasteiger partial charge on any atom is -0.414 e. The van der Waals surface area contributed by atoms with Gasteiger partial charge in [0.25, 0.3) is 40.5 Å². The van der Waals surface area contributed by atoms with Crippen molar-refractivity contribution in [3.8, 4) is 46.0 Å². The minimum absolute atomic E-state index is 0.0177. The van der Waals surface area contributed by atoms with E-state index in [0.717, 1.165) is 42.5 Å². The van der Waals surface area contributed by atoms with Gasteiger partial charge in [-0.05, 0) is 221 Å². The van der Waals surface area contributed by atoms with E-state index in [2.05, 4.69) is 0 Å². The van der Waals surface area contributed by atoms with Crippen molar-refractivity contribution < 1.29 is 88.1 Å². The van der Waals surface area contributed by atoms with E-state index in [9.17, 15) is 57.0 Å². The van der Waals surface area contributed by atoms with Gasteiger partial charge in [-0.1, -0.05) is 57.6 Å². The van der Waals surface area contributed by atoms with Crippen molar-refractivity contribution in [2.24, 2.45) is 13.5 Å². The number of hydrogen-bond acceptors (Lipinski definition) is 17. The average molecular weight is 1360 g/mol. The molecular weight excluding hydrogens is 1300 g/mol. The second kappa shape index (κ2) is 26.3. The summed E-state index contributed by atoms with van der Waals surface area (Å²) in [5.41, 5.74) is 2.33. The quantitative estimate of drug-likeness (QED) is 0.0293. The maximum absolute atomic E-state index is 12.7. The zero-order valence-electron chi connectivity index (χ0n) is 47.8. The summed E-state index contributed by atoms with van der Waals surface area (Å²) in [6.45, 7) is 12.4. The topological polar surface area (TPSA) is 352 Å². The molecule has 0 saturated heterocycles. The summed E-state index contributed by atoms with van der Waals surface area (Å²) in [4.78, 5) is -2.04. The van der Waals surface area contributed by atoms with E-state index in [1.54, 1.807) is 100 Å². The molecule has 32 heteroatoms. The molecule has 0 radical (unpaired) electrons. The number of rotatable bonds is 23. The Balaban J connectivity index is 1.61. The SMILES string of the molecule is Cc1cccc(O/[P+](=N\P(=NP(=NP(=N)(Oc2cccc(C)c2)Oc2ccc(S(=O)(=O)O)c(C)c2)(Oc2cccc(C)c2)Oc2ccc(S(=O)(=O)O)c(C)c2)(Oc2cccc(C)c2)Oc2ccc(S(=O)(=O)O)c(C)c2)Oc2ccc(S(=O)(=O)O)c(C)c2)c1. The minimum atomic E-state index is -5.32. The molecule has 0 heterocycles. The maximum Gasteiger partial charge on any atom is 0.679 e. The Morgan fingerprint density at radius 3 is 0.932 bits per heavy atom. The summed E-state index contributed by atoms with van der Waals surface area (Å²) in [5, 5.41) is 10.5. The fraction of sp³-hybridized carbons (Fsp3) is 0.143. The number of nitrogens with one attached hydrogen (secondary N) is 1. The van der Waals surface area contributed by atoms with E-state index in [1.165, 1.54) is 82.3 Å². The van der Waals surface area contributed by atoms with Crippen molar-refractivity contribution >= 4 is 71.6 Å². The molecule has 88 heavy (non-hydrogen) atoms. The van der Waals surface area contributed by atoms with Gasteiger partial charge in [0.2, 0.25) is 0 Å². The van der Waals surface area contributed by atoms with Crippen LogP contribution in [0.25, 0.3) is 0 Å². The number of aryl methyl sites for hydroxylation is 8. The highest BCUT2D eigenvalue weighted by Crippen LogP contribution is 2.72. The van der Waals surface area contributed by atoms with Gasteiger partial charge < -0.3 is 27.1 Å². The highest BCUT2D eigenvalue weighted by atomic mass is 32.2. The van der Waals surface area contributed by atoms with Gasteiger partial charge in [-0.15, -0.1) is 0 Å². The molecule has 0 spiro atoms. The summed E-state index contributed by atoms with van der Waals surface area (Å²) in [6, 6.07) is 39.2. The molecule has 0 aromatic heterocycles. The van der Waals surface area contributed by atoms with E-state index >= 15 is 0 Å². The highest BCUT2D eigenvalue weighted by molar-refractivity contribution is 7.86. The first-order valence-electron chi connectivity index (χ1n) is 25.6. The number of nitrogens with zero attached hydrogens (tertiary/aromatic N) is 3. The lowest BCUT2D eigenvalue weighted by atomic mass is 10.2. The van der Waals surface area contributed by atoms with E-state index in [-0.39, 0.29) is 68.2 Å². The fourth-order valence-electron chi connectivity index (χ4n) is 8.29. The summed E-state index contributed by atoms with van der Waals surface area (Å²) in [5.74, 6) is -0.942. The van der Waals surface area contributed by atoms with Crippen molar-refractivity contribution in [1.29, 1.82) is 5.16 Å². The van der Waals surface area contributed by atoms with Crippen molar-refractivity contribution in [1.82, 2.24) is 0 Å². The van der Waals surface area contributed by atoms with E-state index < -0.39 is 91.2 Å². The predicted molar refractivity (Wildman–Crippen MR) is 331 cm³/mol. The lowest BCUT2D eigenvalue weighted by Crippen LogP contribution is -2.08. The standard InChI is InChI=1S/C56H56N4O20P4S4/c1-37-13-9-17-45(29-37)73-81(74-46-21-25-53(41(5)33-46)85(61,62)63)58-83(77-48-19-11-15-39(3)31-48,78-51-23-27-55(43(7)35-51)87(67,68)69)60-84(79-49-20-12-16-40(4)32-49,80-52-24-28-56(44(8)36-52)88(70,71)72)59-82(57,75-47-18-10-14-38(2)30-47)76-50-22-26-54(42(6)34-50)86(64,65)66/h9-36,57H,1-8H3,(H3-,61,62,63,64,65,66,67,68,69,70,71,72)/p+1. The fourth-order valence-corrected chi connectivity index (χ4v) is 20.0. The van der Waals surface area contributed by atoms with Gasteiger partial charge in [0.15, 0.2) is 11.5 Å². The van der Waals surface area contributed by atoms with Crippen molar-refractivity contribution in [2.75, 3.05) is 0 Å². The van der Waals surface area contributed by atoms with Crippen LogP contribution in [0.3, 0.4) is 0 Å². The Kier molecular flexibility index (Phi) is 19.9. The van der Waals surface area contributed by atoms with E-state index in [0.29, 0.717) is 22.3 Å². The molecule has 4 atom stereocenters. The summed E-state index contributed by atoms with van der Waals surface area (Å²) >= 11 is 0. The molecule has 5 N–H and O–H groups in total. The normalized spacial score (nSPS) is 14.2. The molecule has 4 unspecified atom stereocenters. The molecule has 8 rings (SSSR count). The summed E-state index contributed by atoms with van der Waals surface area (Å²) in [7, 11) is -37.9. The third-order valence-electron chi connectivity index (χ3n) is 12.0. The molecule has 8 aromatic rings. The summed E-state index contributed by atoms with van der Waals surface area (Å²) < 4.78 is 211. The van der Waals surface area contributed by atoms with Crippen LogP contribution in [-0.2, 0) is 40.5 Å². The van der Waals surface area contributed by atoms with Crippen LogP contribution in [0.1, 0.15) is 44.5 Å². The second-order valence-electron chi connectivity index (χ2n) is 19.6. The lowest BCUT2D eigenvalue weighted by Gasteiger charge is -2.28. The molecule has 464 valence electrons. The van der Waals surface area contributed by atoms with Crippen molar-refractivity contribution in [2.45, 2.75) is 75.0 Å². The molecule has 0 aliphatic rings. The first-order chi connectivity index (χ1) is 41.1. The van der Waals surface area contributed by atoms with Gasteiger partial charge in [-0.3, -0.25) is 18.2 Å². The lowest BCUT2D eigenvalue weighted by molar-refractivity contribution is 0.451. The van der Waals surface area contributed by atoms with Crippen LogP contribution >= 0.6 is 31.1 Å². The molecule has 24 nitrogen and oxygen atoms in total. The molecular formula is C56H57N4O20P4S4+. The first kappa shape index (κ1) is 66.5. The third-order valence-corrected chi connectivity index (χ3v) is 24.7. The third kappa shape index (κ3) is 17.7. The van der Waals surface area contributed by atoms with Crippen LogP contribution in [0.2, 0.25) is 0 Å². The van der Waals surface area contributed by atoms with Crippen LogP contribution in [0, 0.1) is 60.6 Å². The Morgan fingerprint density at radius 1 is 0.341 bits per heavy atom. The average Bonchev–Trinajstić information content (AvgIpc) is 1.25. The zero-order valence-corrected chi connectivity index (χ0v) is 54.6. The Morgan fingerprint density at radius 2 is 0.602 bits per heavy atom. The molecule has 0 aliphatic heterocycles. The Bertz CT molecular complexity index is 4720. The zero-order chi connectivity index (χ0) is 64.2. The highest BCUT2D eigenvalue weighted by Gasteiger charge is 2.46. The van der Waals surface area contributed by atoms with Gasteiger partial charge in [0.05, 0.1) is 24.1 Å². The summed E-state index contributed by atoms with van der Waals surface area (Å²) in [6.07, 6.45) is 0. The second-order valence-corrected chi connectivity index (χ2v) is 32.3. The van der Waals surface area contributed by atoms with Crippen LogP contribution in [0.4, 0.5) is 0 Å².